The van der Waals surface area contributed by atoms with Gasteiger partial charge in [-0.1, -0.05) is 6.92 Å². The van der Waals surface area contributed by atoms with E-state index in [1.165, 1.54) is 0 Å². The van der Waals surface area contributed by atoms with E-state index in [0.29, 0.717) is 12.5 Å². The number of likely N-dealkylation sites (tertiary alicyclic amines) is 1. The van der Waals surface area contributed by atoms with Gasteiger partial charge in [-0.15, -0.1) is 0 Å². The SMILES string of the molecule is CC1CN(C)CC(CN)C1O. The van der Waals surface area contributed by atoms with Crippen LogP contribution in [0, 0.1) is 11.8 Å². The highest BCUT2D eigenvalue weighted by molar-refractivity contribution is 4.83. The van der Waals surface area contributed by atoms with E-state index < -0.39 is 0 Å². The molecule has 1 aliphatic heterocycles. The van der Waals surface area contributed by atoms with Crippen molar-refractivity contribution in [1.29, 1.82) is 0 Å². The lowest BCUT2D eigenvalue weighted by Crippen LogP contribution is -2.49. The average Bonchev–Trinajstić information content (AvgIpc) is 1.96. The molecule has 3 unspecified atom stereocenters. The van der Waals surface area contributed by atoms with Crippen molar-refractivity contribution in [3.8, 4) is 0 Å². The van der Waals surface area contributed by atoms with E-state index >= 15 is 0 Å². The zero-order chi connectivity index (χ0) is 8.43. The second-order valence-electron chi connectivity index (χ2n) is 3.68. The molecule has 0 bridgehead atoms. The molecular weight excluding hydrogens is 140 g/mol. The molecule has 0 aliphatic carbocycles. The summed E-state index contributed by atoms with van der Waals surface area (Å²) in [6.45, 7) is 4.58. The molecule has 0 aromatic rings. The molecule has 0 saturated carbocycles. The van der Waals surface area contributed by atoms with E-state index in [0.717, 1.165) is 13.1 Å². The van der Waals surface area contributed by atoms with Crippen LogP contribution in [0.2, 0.25) is 0 Å². The van der Waals surface area contributed by atoms with Crippen molar-refractivity contribution in [3.05, 3.63) is 0 Å². The lowest BCUT2D eigenvalue weighted by atomic mass is 9.87. The minimum atomic E-state index is -0.198. The summed E-state index contributed by atoms with van der Waals surface area (Å²) in [6.07, 6.45) is -0.198. The predicted molar refractivity (Wildman–Crippen MR) is 45.2 cm³/mol. The van der Waals surface area contributed by atoms with E-state index in [1.54, 1.807) is 0 Å². The van der Waals surface area contributed by atoms with Gasteiger partial charge in [0, 0.05) is 19.0 Å². The van der Waals surface area contributed by atoms with Gasteiger partial charge in [0.1, 0.15) is 0 Å². The monoisotopic (exact) mass is 158 g/mol. The smallest absolute Gasteiger partial charge is 0.0630 e. The second-order valence-corrected chi connectivity index (χ2v) is 3.68. The molecule has 3 N–H and O–H groups in total. The number of nitrogens with zero attached hydrogens (tertiary/aromatic N) is 1. The first-order valence-electron chi connectivity index (χ1n) is 4.21. The quantitative estimate of drug-likeness (QED) is 0.541. The Morgan fingerprint density at radius 1 is 1.55 bits per heavy atom. The minimum Gasteiger partial charge on any atom is -0.392 e. The lowest BCUT2D eigenvalue weighted by molar-refractivity contribution is -0.00281. The topological polar surface area (TPSA) is 49.5 Å². The van der Waals surface area contributed by atoms with Gasteiger partial charge in [0.2, 0.25) is 0 Å². The molecule has 1 aliphatic rings. The number of rotatable bonds is 1. The van der Waals surface area contributed by atoms with Gasteiger partial charge in [-0.3, -0.25) is 0 Å². The summed E-state index contributed by atoms with van der Waals surface area (Å²) in [5, 5.41) is 9.65. The Balaban J connectivity index is 2.51. The molecule has 3 nitrogen and oxygen atoms in total. The highest BCUT2D eigenvalue weighted by Crippen LogP contribution is 2.19. The molecule has 1 heterocycles. The number of hydrogen-bond acceptors (Lipinski definition) is 3. The molecule has 0 amide bonds. The van der Waals surface area contributed by atoms with Crippen molar-refractivity contribution >= 4 is 0 Å². The number of hydrogen-bond donors (Lipinski definition) is 2. The van der Waals surface area contributed by atoms with E-state index in [4.69, 9.17) is 5.73 Å². The third-order valence-electron chi connectivity index (χ3n) is 2.51. The van der Waals surface area contributed by atoms with Crippen LogP contribution in [0.3, 0.4) is 0 Å². The van der Waals surface area contributed by atoms with Gasteiger partial charge in [-0.2, -0.15) is 0 Å². The van der Waals surface area contributed by atoms with Gasteiger partial charge in [0.05, 0.1) is 6.10 Å². The Morgan fingerprint density at radius 3 is 2.73 bits per heavy atom. The fraction of sp³-hybridized carbons (Fsp3) is 1.00. The van der Waals surface area contributed by atoms with E-state index in [9.17, 15) is 5.11 Å². The highest BCUT2D eigenvalue weighted by Gasteiger charge is 2.30. The van der Waals surface area contributed by atoms with Gasteiger partial charge >= 0.3 is 0 Å². The Labute approximate surface area is 68.2 Å². The summed E-state index contributed by atoms with van der Waals surface area (Å²) < 4.78 is 0. The van der Waals surface area contributed by atoms with Crippen molar-refractivity contribution in [2.45, 2.75) is 13.0 Å². The number of aliphatic hydroxyl groups is 1. The molecule has 3 atom stereocenters. The van der Waals surface area contributed by atoms with E-state index in [1.807, 2.05) is 0 Å². The minimum absolute atomic E-state index is 0.198. The Morgan fingerprint density at radius 2 is 2.18 bits per heavy atom. The summed E-state index contributed by atoms with van der Waals surface area (Å²) in [6, 6.07) is 0. The van der Waals surface area contributed by atoms with Crippen LogP contribution in [0.1, 0.15) is 6.92 Å². The van der Waals surface area contributed by atoms with Crippen LogP contribution in [-0.2, 0) is 0 Å². The van der Waals surface area contributed by atoms with Crippen molar-refractivity contribution in [1.82, 2.24) is 4.90 Å². The van der Waals surface area contributed by atoms with Gasteiger partial charge in [0.15, 0.2) is 0 Å². The van der Waals surface area contributed by atoms with Crippen molar-refractivity contribution in [2.75, 3.05) is 26.7 Å². The van der Waals surface area contributed by atoms with Crippen LogP contribution >= 0.6 is 0 Å². The van der Waals surface area contributed by atoms with Crippen molar-refractivity contribution < 1.29 is 5.11 Å². The maximum atomic E-state index is 9.65. The molecule has 1 saturated heterocycles. The second kappa shape index (κ2) is 3.52. The molecule has 66 valence electrons. The van der Waals surface area contributed by atoms with Crippen LogP contribution < -0.4 is 5.73 Å². The molecule has 3 heteroatoms. The van der Waals surface area contributed by atoms with Crippen LogP contribution in [0.5, 0.6) is 0 Å². The average molecular weight is 158 g/mol. The number of piperidine rings is 1. The van der Waals surface area contributed by atoms with Gasteiger partial charge in [0.25, 0.3) is 0 Å². The van der Waals surface area contributed by atoms with Gasteiger partial charge in [-0.05, 0) is 19.5 Å². The summed E-state index contributed by atoms with van der Waals surface area (Å²) >= 11 is 0. The first kappa shape index (κ1) is 8.97. The van der Waals surface area contributed by atoms with Crippen LogP contribution in [0.4, 0.5) is 0 Å². The Hall–Kier alpha value is -0.120. The predicted octanol–water partition coefficient (Wildman–Crippen LogP) is -0.496. The highest BCUT2D eigenvalue weighted by atomic mass is 16.3. The standard InChI is InChI=1S/C8H18N2O/c1-6-4-10(2)5-7(3-9)8(6)11/h6-8,11H,3-5,9H2,1-2H3. The maximum absolute atomic E-state index is 9.65. The molecule has 0 aromatic heterocycles. The molecule has 0 spiro atoms. The Bertz CT molecular complexity index is 129. The summed E-state index contributed by atoms with van der Waals surface area (Å²) in [7, 11) is 2.07. The zero-order valence-electron chi connectivity index (χ0n) is 7.33. The van der Waals surface area contributed by atoms with Gasteiger partial charge in [-0.25, -0.2) is 0 Å². The first-order chi connectivity index (χ1) is 5.15. The normalized spacial score (nSPS) is 40.9. The summed E-state index contributed by atoms with van der Waals surface area (Å²) in [5.41, 5.74) is 5.53. The summed E-state index contributed by atoms with van der Waals surface area (Å²) in [4.78, 5) is 2.23. The van der Waals surface area contributed by atoms with Crippen molar-refractivity contribution in [3.63, 3.8) is 0 Å². The molecule has 1 fully saturated rings. The Kier molecular flexibility index (Phi) is 2.87. The first-order valence-corrected chi connectivity index (χ1v) is 4.21. The molecule has 1 rings (SSSR count). The van der Waals surface area contributed by atoms with Crippen LogP contribution in [0.15, 0.2) is 0 Å². The third-order valence-corrected chi connectivity index (χ3v) is 2.51. The lowest BCUT2D eigenvalue weighted by Gasteiger charge is -2.37. The van der Waals surface area contributed by atoms with Gasteiger partial charge < -0.3 is 15.7 Å². The number of aliphatic hydroxyl groups excluding tert-OH is 1. The maximum Gasteiger partial charge on any atom is 0.0630 e. The fourth-order valence-corrected chi connectivity index (χ4v) is 1.86. The van der Waals surface area contributed by atoms with Crippen LogP contribution in [-0.4, -0.2) is 42.8 Å². The molecular formula is C8H18N2O. The number of nitrogens with two attached hydrogens (primary N) is 1. The molecule has 0 radical (unpaired) electrons. The van der Waals surface area contributed by atoms with Crippen LogP contribution in [0.25, 0.3) is 0 Å². The van der Waals surface area contributed by atoms with E-state index in [2.05, 4.69) is 18.9 Å². The zero-order valence-corrected chi connectivity index (χ0v) is 7.33. The largest absolute Gasteiger partial charge is 0.392 e. The molecule has 0 aromatic carbocycles. The molecule has 11 heavy (non-hydrogen) atoms. The van der Waals surface area contributed by atoms with Crippen molar-refractivity contribution in [2.24, 2.45) is 17.6 Å². The third kappa shape index (κ3) is 1.92. The summed E-state index contributed by atoms with van der Waals surface area (Å²) in [5.74, 6) is 0.631. The van der Waals surface area contributed by atoms with E-state index in [-0.39, 0.29) is 12.0 Å². The fourth-order valence-electron chi connectivity index (χ4n) is 1.86.